The number of hydrogen-bond donors (Lipinski definition) is 1. The Labute approximate surface area is 121 Å². The van der Waals surface area contributed by atoms with Crippen LogP contribution in [-0.2, 0) is 0 Å². The van der Waals surface area contributed by atoms with Gasteiger partial charge in [0.2, 0.25) is 0 Å². The average molecular weight is 268 g/mol. The Morgan fingerprint density at radius 3 is 2.32 bits per heavy atom. The maximum absolute atomic E-state index is 3.72. The fraction of sp³-hybridized carbons (Fsp3) is 1.00. The molecule has 1 aliphatic carbocycles. The van der Waals surface area contributed by atoms with Crippen LogP contribution in [0, 0.1) is 11.3 Å². The van der Waals surface area contributed by atoms with Crippen LogP contribution in [0.25, 0.3) is 0 Å². The van der Waals surface area contributed by atoms with Gasteiger partial charge in [-0.2, -0.15) is 0 Å². The lowest BCUT2D eigenvalue weighted by molar-refractivity contribution is 0.0495. The first-order valence-corrected chi connectivity index (χ1v) is 8.28. The highest BCUT2D eigenvalue weighted by Crippen LogP contribution is 2.41. The highest BCUT2D eigenvalue weighted by molar-refractivity contribution is 4.94. The lowest BCUT2D eigenvalue weighted by Crippen LogP contribution is -2.55. The maximum atomic E-state index is 3.72. The van der Waals surface area contributed by atoms with E-state index in [9.17, 15) is 0 Å². The molecule has 0 heterocycles. The quantitative estimate of drug-likeness (QED) is 0.786. The first-order valence-electron chi connectivity index (χ1n) is 8.28. The Hall–Kier alpha value is -0.0800. The van der Waals surface area contributed by atoms with Crippen LogP contribution >= 0.6 is 0 Å². The number of hydrogen-bond acceptors (Lipinski definition) is 2. The minimum atomic E-state index is 0.493. The molecule has 0 saturated heterocycles. The molecule has 0 bridgehead atoms. The van der Waals surface area contributed by atoms with Gasteiger partial charge in [0, 0.05) is 18.1 Å². The standard InChI is InChI=1S/C17H36N2/c1-8-17(5,6)14-10-11-15(18-9-2)16(12-14)19(7)13(3)4/h13-16,18H,8-12H2,1-7H3. The monoisotopic (exact) mass is 268 g/mol. The summed E-state index contributed by atoms with van der Waals surface area (Å²) in [6.45, 7) is 15.2. The molecule has 114 valence electrons. The predicted octanol–water partition coefficient (Wildman–Crippen LogP) is 3.91. The largest absolute Gasteiger partial charge is 0.313 e. The summed E-state index contributed by atoms with van der Waals surface area (Å²) in [6.07, 6.45) is 5.37. The highest BCUT2D eigenvalue weighted by atomic mass is 15.2. The van der Waals surface area contributed by atoms with Gasteiger partial charge in [0.1, 0.15) is 0 Å². The van der Waals surface area contributed by atoms with Crippen molar-refractivity contribution in [3.63, 3.8) is 0 Å². The summed E-state index contributed by atoms with van der Waals surface area (Å²) in [6, 6.07) is 2.01. The Kier molecular flexibility index (Phi) is 6.32. The van der Waals surface area contributed by atoms with E-state index in [4.69, 9.17) is 0 Å². The molecular formula is C17H36N2. The summed E-state index contributed by atoms with van der Waals surface area (Å²) < 4.78 is 0. The Bertz CT molecular complexity index is 260. The zero-order chi connectivity index (χ0) is 14.6. The Balaban J connectivity index is 2.79. The van der Waals surface area contributed by atoms with Crippen LogP contribution in [0.15, 0.2) is 0 Å². The molecule has 2 nitrogen and oxygen atoms in total. The molecule has 3 atom stereocenters. The van der Waals surface area contributed by atoms with Crippen LogP contribution in [0.4, 0.5) is 0 Å². The van der Waals surface area contributed by atoms with Crippen molar-refractivity contribution in [2.24, 2.45) is 11.3 Å². The molecule has 1 fully saturated rings. The zero-order valence-corrected chi connectivity index (χ0v) is 14.3. The topological polar surface area (TPSA) is 15.3 Å². The molecule has 0 aliphatic heterocycles. The lowest BCUT2D eigenvalue weighted by Gasteiger charge is -2.47. The Morgan fingerprint density at radius 2 is 1.84 bits per heavy atom. The molecule has 1 saturated carbocycles. The lowest BCUT2D eigenvalue weighted by atomic mass is 9.67. The summed E-state index contributed by atoms with van der Waals surface area (Å²) >= 11 is 0. The van der Waals surface area contributed by atoms with E-state index in [1.165, 1.54) is 25.7 Å². The van der Waals surface area contributed by atoms with Gasteiger partial charge in [0.05, 0.1) is 0 Å². The van der Waals surface area contributed by atoms with Gasteiger partial charge in [0.15, 0.2) is 0 Å². The van der Waals surface area contributed by atoms with E-state index in [0.717, 1.165) is 12.5 Å². The van der Waals surface area contributed by atoms with Gasteiger partial charge in [-0.25, -0.2) is 0 Å². The van der Waals surface area contributed by atoms with Crippen LogP contribution in [0.3, 0.4) is 0 Å². The van der Waals surface area contributed by atoms with E-state index in [1.807, 2.05) is 0 Å². The van der Waals surface area contributed by atoms with Crippen molar-refractivity contribution in [1.82, 2.24) is 10.2 Å². The van der Waals surface area contributed by atoms with Crippen molar-refractivity contribution in [1.29, 1.82) is 0 Å². The van der Waals surface area contributed by atoms with E-state index in [2.05, 4.69) is 58.8 Å². The first-order chi connectivity index (χ1) is 8.83. The second-order valence-corrected chi connectivity index (χ2v) is 7.34. The normalized spacial score (nSPS) is 29.2. The molecule has 0 radical (unpaired) electrons. The van der Waals surface area contributed by atoms with Crippen molar-refractivity contribution in [2.75, 3.05) is 13.6 Å². The minimum absolute atomic E-state index is 0.493. The number of nitrogens with zero attached hydrogens (tertiary/aromatic N) is 1. The molecule has 19 heavy (non-hydrogen) atoms. The van der Waals surface area contributed by atoms with E-state index >= 15 is 0 Å². The van der Waals surface area contributed by atoms with E-state index in [1.54, 1.807) is 0 Å². The summed E-state index contributed by atoms with van der Waals surface area (Å²) in [4.78, 5) is 2.59. The van der Waals surface area contributed by atoms with Gasteiger partial charge < -0.3 is 5.32 Å². The molecule has 0 aromatic rings. The third kappa shape index (κ3) is 4.19. The smallest absolute Gasteiger partial charge is 0.0251 e. The van der Waals surface area contributed by atoms with Crippen molar-refractivity contribution in [3.05, 3.63) is 0 Å². The molecule has 1 rings (SSSR count). The van der Waals surface area contributed by atoms with Gasteiger partial charge in [-0.15, -0.1) is 0 Å². The summed E-state index contributed by atoms with van der Waals surface area (Å²) in [7, 11) is 2.31. The molecule has 3 unspecified atom stereocenters. The van der Waals surface area contributed by atoms with Gasteiger partial charge in [-0.05, 0) is 58.0 Å². The highest BCUT2D eigenvalue weighted by Gasteiger charge is 2.38. The van der Waals surface area contributed by atoms with Crippen LogP contribution in [0.2, 0.25) is 0 Å². The van der Waals surface area contributed by atoms with Crippen LogP contribution in [-0.4, -0.2) is 36.6 Å². The van der Waals surface area contributed by atoms with E-state index in [-0.39, 0.29) is 0 Å². The fourth-order valence-electron chi connectivity index (χ4n) is 3.48. The summed E-state index contributed by atoms with van der Waals surface area (Å²) in [5, 5.41) is 3.72. The summed E-state index contributed by atoms with van der Waals surface area (Å²) in [5.74, 6) is 0.874. The van der Waals surface area contributed by atoms with Gasteiger partial charge >= 0.3 is 0 Å². The third-order valence-electron chi connectivity index (χ3n) is 5.64. The first kappa shape index (κ1) is 17.0. The van der Waals surface area contributed by atoms with Crippen molar-refractivity contribution in [3.8, 4) is 0 Å². The third-order valence-corrected chi connectivity index (χ3v) is 5.64. The molecule has 1 aliphatic rings. The van der Waals surface area contributed by atoms with E-state index in [0.29, 0.717) is 23.5 Å². The van der Waals surface area contributed by atoms with Crippen molar-refractivity contribution in [2.45, 2.75) is 85.4 Å². The molecule has 2 heteroatoms. The zero-order valence-electron chi connectivity index (χ0n) is 14.3. The number of rotatable bonds is 6. The molecule has 1 N–H and O–H groups in total. The van der Waals surface area contributed by atoms with Gasteiger partial charge in [-0.1, -0.05) is 34.1 Å². The van der Waals surface area contributed by atoms with Crippen molar-refractivity contribution >= 4 is 0 Å². The van der Waals surface area contributed by atoms with Gasteiger partial charge in [0.25, 0.3) is 0 Å². The predicted molar refractivity (Wildman–Crippen MR) is 85.6 cm³/mol. The fourth-order valence-corrected chi connectivity index (χ4v) is 3.48. The Morgan fingerprint density at radius 1 is 1.21 bits per heavy atom. The summed E-state index contributed by atoms with van der Waals surface area (Å²) in [5.41, 5.74) is 0.493. The van der Waals surface area contributed by atoms with Crippen LogP contribution in [0.5, 0.6) is 0 Å². The molecule has 0 amide bonds. The number of likely N-dealkylation sites (N-methyl/N-ethyl adjacent to an activating group) is 2. The van der Waals surface area contributed by atoms with Crippen molar-refractivity contribution < 1.29 is 0 Å². The molecule has 0 spiro atoms. The maximum Gasteiger partial charge on any atom is 0.0251 e. The molecule has 0 aromatic heterocycles. The second-order valence-electron chi connectivity index (χ2n) is 7.34. The number of nitrogens with one attached hydrogen (secondary N) is 1. The molecule has 0 aromatic carbocycles. The second kappa shape index (κ2) is 7.08. The van der Waals surface area contributed by atoms with Gasteiger partial charge in [-0.3, -0.25) is 4.90 Å². The van der Waals surface area contributed by atoms with Crippen LogP contribution in [0.1, 0.15) is 67.2 Å². The van der Waals surface area contributed by atoms with Crippen LogP contribution < -0.4 is 5.32 Å². The SMILES string of the molecule is CCNC1CCC(C(C)(C)CC)CC1N(C)C(C)C. The molecular weight excluding hydrogens is 232 g/mol. The average Bonchev–Trinajstić information content (AvgIpc) is 2.38. The van der Waals surface area contributed by atoms with E-state index < -0.39 is 0 Å². The minimum Gasteiger partial charge on any atom is -0.313 e.